The molecule has 2 aromatic rings. The Morgan fingerprint density at radius 1 is 1.31 bits per heavy atom. The Kier molecular flexibility index (Phi) is 3.59. The van der Waals surface area contributed by atoms with Crippen LogP contribution in [-0.2, 0) is 0 Å². The molecule has 0 saturated heterocycles. The van der Waals surface area contributed by atoms with Gasteiger partial charge in [0.05, 0.1) is 12.8 Å². The van der Waals surface area contributed by atoms with Gasteiger partial charge in [0, 0.05) is 11.6 Å². The number of benzene rings is 1. The SMILES string of the molecule is CCCCOc1cccc(-c2ccno2)c1. The first kappa shape index (κ1) is 10.7. The second-order valence-electron chi connectivity index (χ2n) is 3.61. The zero-order chi connectivity index (χ0) is 11.2. The fourth-order valence-electron chi connectivity index (χ4n) is 1.44. The summed E-state index contributed by atoms with van der Waals surface area (Å²) in [5.74, 6) is 1.64. The highest BCUT2D eigenvalue weighted by atomic mass is 16.5. The number of nitrogens with zero attached hydrogens (tertiary/aromatic N) is 1. The fourth-order valence-corrected chi connectivity index (χ4v) is 1.44. The van der Waals surface area contributed by atoms with Gasteiger partial charge in [-0.3, -0.25) is 0 Å². The predicted molar refractivity (Wildman–Crippen MR) is 62.3 cm³/mol. The van der Waals surface area contributed by atoms with E-state index >= 15 is 0 Å². The van der Waals surface area contributed by atoms with Crippen molar-refractivity contribution in [1.82, 2.24) is 5.16 Å². The van der Waals surface area contributed by atoms with Crippen LogP contribution in [0.2, 0.25) is 0 Å². The van der Waals surface area contributed by atoms with Crippen LogP contribution in [-0.4, -0.2) is 11.8 Å². The average molecular weight is 217 g/mol. The van der Waals surface area contributed by atoms with Gasteiger partial charge in [0.1, 0.15) is 5.75 Å². The maximum atomic E-state index is 5.62. The third kappa shape index (κ3) is 2.63. The largest absolute Gasteiger partial charge is 0.494 e. The van der Waals surface area contributed by atoms with Crippen LogP contribution in [0.25, 0.3) is 11.3 Å². The Labute approximate surface area is 95.0 Å². The summed E-state index contributed by atoms with van der Waals surface area (Å²) in [5, 5.41) is 3.69. The Morgan fingerprint density at radius 2 is 2.25 bits per heavy atom. The molecular formula is C13H15NO2. The lowest BCUT2D eigenvalue weighted by Crippen LogP contribution is -1.96. The van der Waals surface area contributed by atoms with Gasteiger partial charge in [0.15, 0.2) is 5.76 Å². The smallest absolute Gasteiger partial charge is 0.166 e. The van der Waals surface area contributed by atoms with Crippen LogP contribution in [0.5, 0.6) is 5.75 Å². The second kappa shape index (κ2) is 5.35. The molecule has 0 atom stereocenters. The lowest BCUT2D eigenvalue weighted by Gasteiger charge is -2.05. The quantitative estimate of drug-likeness (QED) is 0.719. The zero-order valence-corrected chi connectivity index (χ0v) is 9.35. The topological polar surface area (TPSA) is 35.3 Å². The van der Waals surface area contributed by atoms with E-state index < -0.39 is 0 Å². The predicted octanol–water partition coefficient (Wildman–Crippen LogP) is 3.52. The van der Waals surface area contributed by atoms with Crippen LogP contribution >= 0.6 is 0 Å². The summed E-state index contributed by atoms with van der Waals surface area (Å²) >= 11 is 0. The Morgan fingerprint density at radius 3 is 3.00 bits per heavy atom. The van der Waals surface area contributed by atoms with Gasteiger partial charge in [0.25, 0.3) is 0 Å². The lowest BCUT2D eigenvalue weighted by atomic mass is 10.1. The Hall–Kier alpha value is -1.77. The molecule has 0 amide bonds. The third-order valence-corrected chi connectivity index (χ3v) is 2.32. The summed E-state index contributed by atoms with van der Waals surface area (Å²) in [7, 11) is 0. The number of ether oxygens (including phenoxy) is 1. The van der Waals surface area contributed by atoms with E-state index in [0.717, 1.165) is 36.5 Å². The van der Waals surface area contributed by atoms with Crippen LogP contribution in [0, 0.1) is 0 Å². The van der Waals surface area contributed by atoms with Crippen LogP contribution < -0.4 is 4.74 Å². The van der Waals surface area contributed by atoms with Crippen LogP contribution in [0.1, 0.15) is 19.8 Å². The van der Waals surface area contributed by atoms with Gasteiger partial charge in [-0.25, -0.2) is 0 Å². The minimum absolute atomic E-state index is 0.760. The van der Waals surface area contributed by atoms with Gasteiger partial charge >= 0.3 is 0 Å². The standard InChI is InChI=1S/C13H15NO2/c1-2-3-9-15-12-6-4-5-11(10-12)13-7-8-14-16-13/h4-8,10H,2-3,9H2,1H3. The lowest BCUT2D eigenvalue weighted by molar-refractivity contribution is 0.309. The van der Waals surface area contributed by atoms with Gasteiger partial charge in [-0.15, -0.1) is 0 Å². The van der Waals surface area contributed by atoms with E-state index in [0.29, 0.717) is 0 Å². The molecule has 0 bridgehead atoms. The van der Waals surface area contributed by atoms with Crippen LogP contribution in [0.4, 0.5) is 0 Å². The van der Waals surface area contributed by atoms with Gasteiger partial charge in [-0.1, -0.05) is 30.6 Å². The van der Waals surface area contributed by atoms with Gasteiger partial charge in [-0.2, -0.15) is 0 Å². The van der Waals surface area contributed by atoms with Gasteiger partial charge < -0.3 is 9.26 Å². The molecule has 0 N–H and O–H groups in total. The summed E-state index contributed by atoms with van der Waals surface area (Å²) in [6.07, 6.45) is 3.86. The van der Waals surface area contributed by atoms with Crippen molar-refractivity contribution in [3.8, 4) is 17.1 Å². The fraction of sp³-hybridized carbons (Fsp3) is 0.308. The van der Waals surface area contributed by atoms with E-state index in [1.165, 1.54) is 0 Å². The summed E-state index contributed by atoms with van der Waals surface area (Å²) < 4.78 is 10.7. The highest BCUT2D eigenvalue weighted by Gasteiger charge is 2.02. The summed E-state index contributed by atoms with van der Waals surface area (Å²) in [5.41, 5.74) is 0.992. The molecule has 0 unspecified atom stereocenters. The first-order valence-electron chi connectivity index (χ1n) is 5.54. The van der Waals surface area contributed by atoms with Gasteiger partial charge in [-0.05, 0) is 18.6 Å². The minimum atomic E-state index is 0.760. The molecule has 0 fully saturated rings. The highest BCUT2D eigenvalue weighted by molar-refractivity contribution is 5.58. The molecule has 0 aliphatic carbocycles. The van der Waals surface area contributed by atoms with E-state index in [4.69, 9.17) is 9.26 Å². The molecule has 1 heterocycles. The van der Waals surface area contributed by atoms with Crippen molar-refractivity contribution in [3.63, 3.8) is 0 Å². The third-order valence-electron chi connectivity index (χ3n) is 2.32. The molecular weight excluding hydrogens is 202 g/mol. The molecule has 16 heavy (non-hydrogen) atoms. The van der Waals surface area contributed by atoms with Crippen molar-refractivity contribution >= 4 is 0 Å². The Balaban J connectivity index is 2.08. The van der Waals surface area contributed by atoms with E-state index in [2.05, 4.69) is 12.1 Å². The monoisotopic (exact) mass is 217 g/mol. The van der Waals surface area contributed by atoms with Crippen LogP contribution in [0.15, 0.2) is 41.1 Å². The van der Waals surface area contributed by atoms with E-state index in [1.54, 1.807) is 6.20 Å². The number of rotatable bonds is 5. The maximum absolute atomic E-state index is 5.62. The molecule has 0 radical (unpaired) electrons. The van der Waals surface area contributed by atoms with Gasteiger partial charge in [0.2, 0.25) is 0 Å². The highest BCUT2D eigenvalue weighted by Crippen LogP contribution is 2.23. The Bertz CT molecular complexity index is 423. The van der Waals surface area contributed by atoms with Crippen molar-refractivity contribution in [2.45, 2.75) is 19.8 Å². The molecule has 2 rings (SSSR count). The number of aromatic nitrogens is 1. The number of hydrogen-bond acceptors (Lipinski definition) is 3. The molecule has 0 aliphatic heterocycles. The summed E-state index contributed by atoms with van der Waals surface area (Å²) in [4.78, 5) is 0. The minimum Gasteiger partial charge on any atom is -0.494 e. The van der Waals surface area contributed by atoms with Crippen LogP contribution in [0.3, 0.4) is 0 Å². The van der Waals surface area contributed by atoms with Crippen molar-refractivity contribution in [3.05, 3.63) is 36.5 Å². The molecule has 84 valence electrons. The summed E-state index contributed by atoms with van der Waals surface area (Å²) in [6, 6.07) is 9.70. The van der Waals surface area contributed by atoms with E-state index in [9.17, 15) is 0 Å². The molecule has 3 nitrogen and oxygen atoms in total. The molecule has 1 aromatic heterocycles. The molecule has 0 spiro atoms. The van der Waals surface area contributed by atoms with Crippen molar-refractivity contribution in [2.24, 2.45) is 0 Å². The van der Waals surface area contributed by atoms with Crippen molar-refractivity contribution < 1.29 is 9.26 Å². The maximum Gasteiger partial charge on any atom is 0.166 e. The molecule has 0 aliphatic rings. The molecule has 1 aromatic carbocycles. The van der Waals surface area contributed by atoms with Crippen molar-refractivity contribution in [1.29, 1.82) is 0 Å². The second-order valence-corrected chi connectivity index (χ2v) is 3.61. The first-order valence-corrected chi connectivity index (χ1v) is 5.54. The summed E-state index contributed by atoms with van der Waals surface area (Å²) in [6.45, 7) is 2.91. The number of unbranched alkanes of at least 4 members (excludes halogenated alkanes) is 1. The van der Waals surface area contributed by atoms with Crippen molar-refractivity contribution in [2.75, 3.05) is 6.61 Å². The van der Waals surface area contributed by atoms with E-state index in [1.807, 2.05) is 30.3 Å². The van der Waals surface area contributed by atoms with E-state index in [-0.39, 0.29) is 0 Å². The normalized spacial score (nSPS) is 10.3. The molecule has 0 saturated carbocycles. The number of hydrogen-bond donors (Lipinski definition) is 0. The molecule has 3 heteroatoms. The zero-order valence-electron chi connectivity index (χ0n) is 9.35. The first-order chi connectivity index (χ1) is 7.90. The average Bonchev–Trinajstić information content (AvgIpc) is 2.83.